The third-order valence-electron chi connectivity index (χ3n) is 7.81. The molecule has 15 heteroatoms. The highest BCUT2D eigenvalue weighted by molar-refractivity contribution is 5.99. The number of aliphatic carboxylic acids is 2. The van der Waals surface area contributed by atoms with Gasteiger partial charge in [0.25, 0.3) is 0 Å². The van der Waals surface area contributed by atoms with Crippen LogP contribution >= 0.6 is 0 Å². The summed E-state index contributed by atoms with van der Waals surface area (Å²) in [6.45, 7) is 8.45. The molecule has 0 radical (unpaired) electrons. The van der Waals surface area contributed by atoms with Crippen molar-refractivity contribution in [3.8, 4) is 17.2 Å². The number of benzene rings is 2. The van der Waals surface area contributed by atoms with E-state index in [-0.39, 0.29) is 42.3 Å². The summed E-state index contributed by atoms with van der Waals surface area (Å²) in [7, 11) is 2.82. The zero-order chi connectivity index (χ0) is 35.3. The molecule has 1 saturated heterocycles. The lowest BCUT2D eigenvalue weighted by molar-refractivity contribution is -0.192. The molecule has 260 valence electrons. The van der Waals surface area contributed by atoms with Crippen LogP contribution in [0.3, 0.4) is 0 Å². The molecule has 0 amide bonds. The van der Waals surface area contributed by atoms with Crippen molar-refractivity contribution in [1.82, 2.24) is 4.90 Å². The van der Waals surface area contributed by atoms with Crippen LogP contribution < -0.4 is 24.8 Å². The number of rotatable bonds is 11. The maximum Gasteiger partial charge on any atom is 0.490 e. The zero-order valence-corrected chi connectivity index (χ0v) is 27.0. The Hall–Kier alpha value is -4.11. The molecule has 4 N–H and O–H groups in total. The van der Waals surface area contributed by atoms with E-state index >= 15 is 4.39 Å². The number of carbonyl (C=O) groups excluding carboxylic acids is 1. The van der Waals surface area contributed by atoms with Gasteiger partial charge in [-0.15, -0.1) is 0 Å². The van der Waals surface area contributed by atoms with E-state index in [4.69, 9.17) is 35.0 Å². The standard InChI is InChI=1S/C30H40FN3O6.C2HF3O2/c1-30(2,3)20-13-18(14-21(33-10-6-7-11-33)27(20)40-12-8-9-24(36)37)22(35)17-34-16-19-15-23(38-4)28(39-5)26(31)25(19)29(34)32;3-2(4,5)1(6)7/h13-15,29H,6-12,16-17,32H2,1-5H3,(H,36,37);(H,6,7). The van der Waals surface area contributed by atoms with Crippen molar-refractivity contribution in [2.75, 3.05) is 45.4 Å². The summed E-state index contributed by atoms with van der Waals surface area (Å²) in [5.74, 6) is -3.35. The zero-order valence-electron chi connectivity index (χ0n) is 27.0. The number of carboxylic acid groups (broad SMARTS) is 2. The smallest absolute Gasteiger partial charge is 0.490 e. The van der Waals surface area contributed by atoms with Gasteiger partial charge in [-0.3, -0.25) is 14.5 Å². The van der Waals surface area contributed by atoms with Crippen LogP contribution in [0, 0.1) is 5.82 Å². The molecule has 1 unspecified atom stereocenters. The van der Waals surface area contributed by atoms with E-state index in [1.807, 2.05) is 12.1 Å². The van der Waals surface area contributed by atoms with Crippen molar-refractivity contribution in [2.45, 2.75) is 70.8 Å². The Bertz CT molecular complexity index is 1470. The monoisotopic (exact) mass is 671 g/mol. The van der Waals surface area contributed by atoms with Crippen LogP contribution in [-0.2, 0) is 21.5 Å². The Morgan fingerprint density at radius 1 is 1.00 bits per heavy atom. The van der Waals surface area contributed by atoms with Crippen LogP contribution in [0.1, 0.15) is 79.7 Å². The van der Waals surface area contributed by atoms with Crippen molar-refractivity contribution in [2.24, 2.45) is 5.73 Å². The summed E-state index contributed by atoms with van der Waals surface area (Å²) in [6.07, 6.45) is -3.40. The average Bonchev–Trinajstić information content (AvgIpc) is 3.62. The van der Waals surface area contributed by atoms with Crippen LogP contribution in [0.5, 0.6) is 17.2 Å². The molecule has 1 fully saturated rings. The van der Waals surface area contributed by atoms with E-state index in [1.165, 1.54) is 14.2 Å². The maximum atomic E-state index is 15.3. The number of ketones is 1. The number of halogens is 4. The molecule has 4 rings (SSSR count). The number of carboxylic acids is 2. The van der Waals surface area contributed by atoms with Crippen LogP contribution in [-0.4, -0.2) is 79.5 Å². The minimum Gasteiger partial charge on any atom is -0.493 e. The molecular weight excluding hydrogens is 630 g/mol. The molecule has 2 aliphatic heterocycles. The first-order chi connectivity index (χ1) is 21.9. The summed E-state index contributed by atoms with van der Waals surface area (Å²) < 4.78 is 63.7. The molecule has 2 aromatic carbocycles. The number of hydrogen-bond acceptors (Lipinski definition) is 9. The van der Waals surface area contributed by atoms with E-state index < -0.39 is 30.1 Å². The number of anilines is 1. The van der Waals surface area contributed by atoms with Gasteiger partial charge in [0, 0.05) is 42.7 Å². The molecule has 1 atom stereocenters. The van der Waals surface area contributed by atoms with E-state index in [0.29, 0.717) is 35.4 Å². The molecule has 47 heavy (non-hydrogen) atoms. The fraction of sp³-hybridized carbons (Fsp3) is 0.531. The minimum absolute atomic E-state index is 0.00174. The number of methoxy groups -OCH3 is 2. The number of ether oxygens (including phenoxy) is 3. The fourth-order valence-corrected chi connectivity index (χ4v) is 5.47. The summed E-state index contributed by atoms with van der Waals surface area (Å²) in [5.41, 5.74) is 9.32. The largest absolute Gasteiger partial charge is 0.493 e. The third-order valence-corrected chi connectivity index (χ3v) is 7.81. The molecule has 11 nitrogen and oxygen atoms in total. The van der Waals surface area contributed by atoms with Gasteiger partial charge in [0.15, 0.2) is 23.1 Å². The van der Waals surface area contributed by atoms with Gasteiger partial charge in [-0.1, -0.05) is 20.8 Å². The first-order valence-corrected chi connectivity index (χ1v) is 14.9. The Kier molecular flexibility index (Phi) is 12.1. The number of alkyl halides is 3. The second kappa shape index (κ2) is 15.2. The summed E-state index contributed by atoms with van der Waals surface area (Å²) in [6, 6.07) is 5.45. The van der Waals surface area contributed by atoms with Crippen molar-refractivity contribution >= 4 is 23.4 Å². The lowest BCUT2D eigenvalue weighted by Crippen LogP contribution is -2.33. The van der Waals surface area contributed by atoms with E-state index in [2.05, 4.69) is 25.7 Å². The highest BCUT2D eigenvalue weighted by Gasteiger charge is 2.38. The van der Waals surface area contributed by atoms with E-state index in [9.17, 15) is 22.8 Å². The minimum atomic E-state index is -5.08. The molecule has 2 aromatic rings. The van der Waals surface area contributed by atoms with Crippen LogP contribution in [0.25, 0.3) is 0 Å². The van der Waals surface area contributed by atoms with Gasteiger partial charge in [-0.2, -0.15) is 13.2 Å². The highest BCUT2D eigenvalue weighted by Crippen LogP contribution is 2.43. The fourth-order valence-electron chi connectivity index (χ4n) is 5.47. The van der Waals surface area contributed by atoms with Crippen molar-refractivity contribution in [3.05, 3.63) is 46.3 Å². The van der Waals surface area contributed by atoms with Gasteiger partial charge >= 0.3 is 18.1 Å². The van der Waals surface area contributed by atoms with E-state index in [0.717, 1.165) is 37.2 Å². The SMILES string of the molecule is COc1cc2c(c(F)c1OC)C(N)N(CC(=O)c1cc(N3CCCC3)c(OCCCC(=O)O)c(C(C)(C)C)c1)C2.O=C(O)C(F)(F)F. The summed E-state index contributed by atoms with van der Waals surface area (Å²) >= 11 is 0. The Balaban J connectivity index is 0.000000771. The number of fused-ring (bicyclic) bond motifs is 1. The first kappa shape index (κ1) is 37.3. The van der Waals surface area contributed by atoms with Gasteiger partial charge in [0.2, 0.25) is 0 Å². The third kappa shape index (κ3) is 9.04. The first-order valence-electron chi connectivity index (χ1n) is 14.9. The van der Waals surface area contributed by atoms with Gasteiger partial charge in [0.1, 0.15) is 5.75 Å². The second-order valence-corrected chi connectivity index (χ2v) is 12.2. The van der Waals surface area contributed by atoms with Crippen LogP contribution in [0.15, 0.2) is 18.2 Å². The molecule has 0 aliphatic carbocycles. The number of carbonyl (C=O) groups is 3. The molecule has 2 aliphatic rings. The summed E-state index contributed by atoms with van der Waals surface area (Å²) in [5, 5.41) is 16.2. The van der Waals surface area contributed by atoms with Gasteiger partial charge in [-0.25, -0.2) is 9.18 Å². The molecule has 0 spiro atoms. The number of nitrogens with zero attached hydrogens (tertiary/aromatic N) is 2. The van der Waals surface area contributed by atoms with Crippen LogP contribution in [0.4, 0.5) is 23.2 Å². The molecule has 2 heterocycles. The summed E-state index contributed by atoms with van der Waals surface area (Å²) in [4.78, 5) is 37.6. The quantitative estimate of drug-likeness (QED) is 0.163. The van der Waals surface area contributed by atoms with E-state index in [1.54, 1.807) is 11.0 Å². The van der Waals surface area contributed by atoms with Crippen molar-refractivity contribution in [1.29, 1.82) is 0 Å². The second-order valence-electron chi connectivity index (χ2n) is 12.2. The average molecular weight is 672 g/mol. The Morgan fingerprint density at radius 3 is 2.13 bits per heavy atom. The Morgan fingerprint density at radius 2 is 1.62 bits per heavy atom. The Labute approximate surface area is 270 Å². The molecule has 0 saturated carbocycles. The highest BCUT2D eigenvalue weighted by atomic mass is 19.4. The van der Waals surface area contributed by atoms with Crippen molar-refractivity contribution in [3.63, 3.8) is 0 Å². The predicted molar refractivity (Wildman–Crippen MR) is 164 cm³/mol. The molecule has 0 aromatic heterocycles. The normalized spacial score (nSPS) is 16.3. The van der Waals surface area contributed by atoms with Gasteiger partial charge in [0.05, 0.1) is 39.2 Å². The predicted octanol–water partition coefficient (Wildman–Crippen LogP) is 5.27. The maximum absolute atomic E-state index is 15.3. The van der Waals surface area contributed by atoms with Crippen LogP contribution in [0.2, 0.25) is 0 Å². The molecule has 0 bridgehead atoms. The van der Waals surface area contributed by atoms with Gasteiger partial charge < -0.3 is 35.1 Å². The lowest BCUT2D eigenvalue weighted by atomic mass is 9.84. The number of nitrogens with two attached hydrogens (primary N) is 1. The molecular formula is C32H41F4N3O8. The topological polar surface area (TPSA) is 152 Å². The number of hydrogen-bond donors (Lipinski definition) is 3. The lowest BCUT2D eigenvalue weighted by Gasteiger charge is -2.30. The van der Waals surface area contributed by atoms with Crippen molar-refractivity contribution < 1.29 is 56.4 Å². The van der Waals surface area contributed by atoms with Gasteiger partial charge in [-0.05, 0) is 48.4 Å². The number of Topliss-reactive ketones (excluding diaryl/α,β-unsaturated/α-hetero) is 1.